The van der Waals surface area contributed by atoms with Crippen LogP contribution in [0.25, 0.3) is 0 Å². The molecule has 3 aromatic rings. The summed E-state index contributed by atoms with van der Waals surface area (Å²) >= 11 is 5.92. The molecule has 0 spiro atoms. The molecule has 0 aliphatic rings. The summed E-state index contributed by atoms with van der Waals surface area (Å²) in [6, 6.07) is 19.9. The highest BCUT2D eigenvalue weighted by molar-refractivity contribution is 7.89. The summed E-state index contributed by atoms with van der Waals surface area (Å²) in [5.41, 5.74) is 1.02. The summed E-state index contributed by atoms with van der Waals surface area (Å²) in [7, 11) is -3.95. The Morgan fingerprint density at radius 3 is 2.31 bits per heavy atom. The fourth-order valence-electron chi connectivity index (χ4n) is 2.69. The van der Waals surface area contributed by atoms with Crippen LogP contribution in [0.3, 0.4) is 0 Å². The van der Waals surface area contributed by atoms with E-state index in [1.807, 2.05) is 0 Å². The largest absolute Gasteiger partial charge is 0.325 e. The zero-order valence-corrected chi connectivity index (χ0v) is 16.8. The quantitative estimate of drug-likeness (QED) is 0.605. The van der Waals surface area contributed by atoms with Crippen molar-refractivity contribution in [1.82, 2.24) is 4.31 Å². The molecule has 5 nitrogen and oxygen atoms in total. The minimum atomic E-state index is -3.95. The second kappa shape index (κ2) is 9.17. The van der Waals surface area contributed by atoms with Crippen molar-refractivity contribution in [3.63, 3.8) is 0 Å². The van der Waals surface area contributed by atoms with Crippen LogP contribution in [0, 0.1) is 5.82 Å². The van der Waals surface area contributed by atoms with E-state index < -0.39 is 28.3 Å². The van der Waals surface area contributed by atoms with E-state index in [2.05, 4.69) is 5.32 Å². The first-order valence-electron chi connectivity index (χ1n) is 8.70. The number of hydrogen-bond acceptors (Lipinski definition) is 3. The molecule has 0 saturated heterocycles. The van der Waals surface area contributed by atoms with Crippen LogP contribution in [0.2, 0.25) is 5.02 Å². The van der Waals surface area contributed by atoms with Gasteiger partial charge in [-0.05, 0) is 48.0 Å². The number of benzene rings is 3. The second-order valence-corrected chi connectivity index (χ2v) is 8.65. The van der Waals surface area contributed by atoms with Gasteiger partial charge in [-0.2, -0.15) is 4.31 Å². The lowest BCUT2D eigenvalue weighted by molar-refractivity contribution is -0.116. The van der Waals surface area contributed by atoms with E-state index in [1.54, 1.807) is 42.5 Å². The highest BCUT2D eigenvalue weighted by Crippen LogP contribution is 2.19. The van der Waals surface area contributed by atoms with E-state index in [1.165, 1.54) is 36.4 Å². The summed E-state index contributed by atoms with van der Waals surface area (Å²) < 4.78 is 40.4. The predicted octanol–water partition coefficient (Wildman–Crippen LogP) is 4.31. The maximum absolute atomic E-state index is 13.2. The minimum Gasteiger partial charge on any atom is -0.325 e. The molecule has 0 fully saturated rings. The third kappa shape index (κ3) is 5.63. The predicted molar refractivity (Wildman–Crippen MR) is 111 cm³/mol. The topological polar surface area (TPSA) is 66.5 Å². The van der Waals surface area contributed by atoms with E-state index in [0.717, 1.165) is 4.31 Å². The summed E-state index contributed by atoms with van der Waals surface area (Å²) in [4.78, 5) is 12.6. The third-order valence-corrected chi connectivity index (χ3v) is 6.12. The standard InChI is InChI=1S/C21H18ClFN2O3S/c22-17-5-4-6-19(13-17)24-21(26)15-25(14-16-9-11-18(23)12-10-16)29(27,28)20-7-2-1-3-8-20/h1-13H,14-15H2,(H,24,26). The van der Waals surface area contributed by atoms with Crippen molar-refractivity contribution < 1.29 is 17.6 Å². The molecule has 0 aromatic heterocycles. The van der Waals surface area contributed by atoms with Gasteiger partial charge >= 0.3 is 0 Å². The van der Waals surface area contributed by atoms with Crippen LogP contribution < -0.4 is 5.32 Å². The Kier molecular flexibility index (Phi) is 6.64. The SMILES string of the molecule is O=C(CN(Cc1ccc(F)cc1)S(=O)(=O)c1ccccc1)Nc1cccc(Cl)c1. The average molecular weight is 433 g/mol. The summed E-state index contributed by atoms with van der Waals surface area (Å²) in [5, 5.41) is 3.09. The third-order valence-electron chi connectivity index (χ3n) is 4.08. The number of nitrogens with zero attached hydrogens (tertiary/aromatic N) is 1. The molecule has 0 bridgehead atoms. The maximum atomic E-state index is 13.2. The van der Waals surface area contributed by atoms with Crippen LogP contribution in [-0.4, -0.2) is 25.2 Å². The van der Waals surface area contributed by atoms with Gasteiger partial charge < -0.3 is 5.32 Å². The molecular formula is C21H18ClFN2O3S. The molecule has 0 aliphatic heterocycles. The summed E-state index contributed by atoms with van der Waals surface area (Å²) in [5.74, 6) is -0.946. The lowest BCUT2D eigenvalue weighted by atomic mass is 10.2. The van der Waals surface area contributed by atoms with Gasteiger partial charge in [0.25, 0.3) is 0 Å². The molecule has 0 radical (unpaired) electrons. The Morgan fingerprint density at radius 1 is 0.966 bits per heavy atom. The first-order chi connectivity index (χ1) is 13.8. The van der Waals surface area contributed by atoms with Crippen LogP contribution in [0.4, 0.5) is 10.1 Å². The average Bonchev–Trinajstić information content (AvgIpc) is 2.70. The smallest absolute Gasteiger partial charge is 0.243 e. The number of carbonyl (C=O) groups excluding carboxylic acids is 1. The highest BCUT2D eigenvalue weighted by Gasteiger charge is 2.27. The molecule has 3 rings (SSSR count). The van der Waals surface area contributed by atoms with E-state index in [-0.39, 0.29) is 11.4 Å². The van der Waals surface area contributed by atoms with Crippen LogP contribution in [0.1, 0.15) is 5.56 Å². The van der Waals surface area contributed by atoms with Crippen LogP contribution in [-0.2, 0) is 21.4 Å². The van der Waals surface area contributed by atoms with Crippen molar-refractivity contribution in [2.75, 3.05) is 11.9 Å². The number of carbonyl (C=O) groups is 1. The minimum absolute atomic E-state index is 0.0673. The molecule has 1 N–H and O–H groups in total. The van der Waals surface area contributed by atoms with Gasteiger partial charge in [-0.25, -0.2) is 12.8 Å². The van der Waals surface area contributed by atoms with Crippen molar-refractivity contribution in [1.29, 1.82) is 0 Å². The molecule has 0 heterocycles. The summed E-state index contributed by atoms with van der Waals surface area (Å²) in [6.45, 7) is -0.498. The fraction of sp³-hybridized carbons (Fsp3) is 0.0952. The highest BCUT2D eigenvalue weighted by atomic mass is 35.5. The number of amides is 1. The molecule has 0 aliphatic carbocycles. The van der Waals surface area contributed by atoms with Crippen LogP contribution in [0.5, 0.6) is 0 Å². The monoisotopic (exact) mass is 432 g/mol. The fourth-order valence-corrected chi connectivity index (χ4v) is 4.28. The molecule has 0 atom stereocenters. The molecular weight excluding hydrogens is 415 g/mol. The van der Waals surface area contributed by atoms with Gasteiger partial charge in [-0.1, -0.05) is 48.0 Å². The van der Waals surface area contributed by atoms with Gasteiger partial charge in [0, 0.05) is 17.3 Å². The first-order valence-corrected chi connectivity index (χ1v) is 10.5. The maximum Gasteiger partial charge on any atom is 0.243 e. The molecule has 0 saturated carbocycles. The van der Waals surface area contributed by atoms with Gasteiger partial charge in [0.05, 0.1) is 11.4 Å². The first kappa shape index (κ1) is 21.0. The Bertz CT molecular complexity index is 1090. The molecule has 3 aromatic carbocycles. The lowest BCUT2D eigenvalue weighted by Gasteiger charge is -2.22. The molecule has 8 heteroatoms. The van der Waals surface area contributed by atoms with Gasteiger partial charge in [0.1, 0.15) is 5.82 Å². The van der Waals surface area contributed by atoms with Gasteiger partial charge in [-0.15, -0.1) is 0 Å². The van der Waals surface area contributed by atoms with E-state index in [0.29, 0.717) is 16.3 Å². The Labute approximate surface area is 173 Å². The zero-order chi connectivity index (χ0) is 20.9. The Hall–Kier alpha value is -2.74. The van der Waals surface area contributed by atoms with Crippen molar-refractivity contribution in [2.45, 2.75) is 11.4 Å². The van der Waals surface area contributed by atoms with E-state index >= 15 is 0 Å². The number of sulfonamides is 1. The van der Waals surface area contributed by atoms with E-state index in [4.69, 9.17) is 11.6 Å². The van der Waals surface area contributed by atoms with Crippen molar-refractivity contribution >= 4 is 33.2 Å². The van der Waals surface area contributed by atoms with Crippen LogP contribution >= 0.6 is 11.6 Å². The summed E-state index contributed by atoms with van der Waals surface area (Å²) in [6.07, 6.45) is 0. The van der Waals surface area contributed by atoms with Crippen LogP contribution in [0.15, 0.2) is 83.8 Å². The molecule has 1 amide bonds. The zero-order valence-electron chi connectivity index (χ0n) is 15.3. The lowest BCUT2D eigenvalue weighted by Crippen LogP contribution is -2.37. The van der Waals surface area contributed by atoms with Gasteiger partial charge in [0.2, 0.25) is 15.9 Å². The number of hydrogen-bond donors (Lipinski definition) is 1. The number of nitrogens with one attached hydrogen (secondary N) is 1. The van der Waals surface area contributed by atoms with Crippen molar-refractivity contribution in [3.05, 3.63) is 95.3 Å². The Morgan fingerprint density at radius 2 is 1.66 bits per heavy atom. The molecule has 29 heavy (non-hydrogen) atoms. The Balaban J connectivity index is 1.85. The molecule has 150 valence electrons. The normalized spacial score (nSPS) is 11.4. The van der Waals surface area contributed by atoms with Gasteiger partial charge in [0.15, 0.2) is 0 Å². The van der Waals surface area contributed by atoms with Gasteiger partial charge in [-0.3, -0.25) is 4.79 Å². The van der Waals surface area contributed by atoms with E-state index in [9.17, 15) is 17.6 Å². The number of halogens is 2. The van der Waals surface area contributed by atoms with Crippen molar-refractivity contribution in [2.24, 2.45) is 0 Å². The van der Waals surface area contributed by atoms with Crippen molar-refractivity contribution in [3.8, 4) is 0 Å². The molecule has 0 unspecified atom stereocenters. The number of rotatable bonds is 7. The number of anilines is 1. The second-order valence-electron chi connectivity index (χ2n) is 6.27.